The third kappa shape index (κ3) is 3.37. The molecule has 1 atom stereocenters. The number of anilines is 2. The van der Waals surface area contributed by atoms with Crippen LogP contribution in [0.4, 0.5) is 20.2 Å². The van der Waals surface area contributed by atoms with E-state index >= 15 is 0 Å². The van der Waals surface area contributed by atoms with Crippen molar-refractivity contribution in [2.75, 3.05) is 22.1 Å². The van der Waals surface area contributed by atoms with E-state index in [-0.39, 0.29) is 24.5 Å². The zero-order valence-electron chi connectivity index (χ0n) is 17.1. The number of benzene rings is 2. The number of para-hydroxylation sites is 1. The third-order valence-electron chi connectivity index (χ3n) is 5.57. The molecular formula is C23H17F2N3O4S. The zero-order valence-corrected chi connectivity index (χ0v) is 17.9. The topological polar surface area (TPSA) is 82.9 Å². The van der Waals surface area contributed by atoms with E-state index < -0.39 is 34.2 Å². The smallest absolute Gasteiger partial charge is 0.269 e. The van der Waals surface area contributed by atoms with Crippen molar-refractivity contribution in [3.8, 4) is 0 Å². The summed E-state index contributed by atoms with van der Waals surface area (Å²) >= 11 is 1.09. The minimum absolute atomic E-state index is 0.0302. The monoisotopic (exact) mass is 469 g/mol. The molecule has 5 rings (SSSR count). The molecule has 1 fully saturated rings. The van der Waals surface area contributed by atoms with E-state index in [1.54, 1.807) is 36.4 Å². The van der Waals surface area contributed by atoms with E-state index in [2.05, 4.69) is 5.32 Å². The van der Waals surface area contributed by atoms with E-state index in [0.29, 0.717) is 17.0 Å². The molecule has 7 nitrogen and oxygen atoms in total. The first-order valence-corrected chi connectivity index (χ1v) is 11.0. The summed E-state index contributed by atoms with van der Waals surface area (Å²) in [6.45, 7) is -0.118. The first-order chi connectivity index (χ1) is 15.9. The van der Waals surface area contributed by atoms with E-state index in [0.717, 1.165) is 23.9 Å². The van der Waals surface area contributed by atoms with Crippen LogP contribution in [-0.2, 0) is 25.8 Å². The Morgan fingerprint density at radius 1 is 1.09 bits per heavy atom. The Labute approximate surface area is 191 Å². The Morgan fingerprint density at radius 2 is 1.91 bits per heavy atom. The summed E-state index contributed by atoms with van der Waals surface area (Å²) in [6, 6.07) is 13.3. The molecule has 33 heavy (non-hydrogen) atoms. The van der Waals surface area contributed by atoms with Gasteiger partial charge in [0.1, 0.15) is 12.3 Å². The van der Waals surface area contributed by atoms with Gasteiger partial charge in [-0.2, -0.15) is 0 Å². The average molecular weight is 469 g/mol. The number of amides is 3. The van der Waals surface area contributed by atoms with Crippen molar-refractivity contribution in [3.63, 3.8) is 0 Å². The van der Waals surface area contributed by atoms with Crippen molar-refractivity contribution in [1.82, 2.24) is 5.32 Å². The lowest BCUT2D eigenvalue weighted by Gasteiger charge is -2.33. The Bertz CT molecular complexity index is 1270. The SMILES string of the molecule is O=C(CN1C(=O)[C@]2(SCC(=O)N2c2ccc(F)c(F)c2)c2ccccc21)NCc1ccco1. The van der Waals surface area contributed by atoms with Crippen molar-refractivity contribution in [3.05, 3.63) is 83.8 Å². The van der Waals surface area contributed by atoms with E-state index in [1.165, 1.54) is 22.1 Å². The van der Waals surface area contributed by atoms with Gasteiger partial charge in [0.15, 0.2) is 11.6 Å². The molecule has 2 aliphatic rings. The van der Waals surface area contributed by atoms with Gasteiger partial charge in [0.2, 0.25) is 16.7 Å². The third-order valence-corrected chi connectivity index (χ3v) is 6.95. The van der Waals surface area contributed by atoms with E-state index in [9.17, 15) is 23.2 Å². The fourth-order valence-electron chi connectivity index (χ4n) is 4.13. The van der Waals surface area contributed by atoms with Crippen LogP contribution >= 0.6 is 11.8 Å². The molecule has 2 aliphatic heterocycles. The molecule has 1 saturated heterocycles. The summed E-state index contributed by atoms with van der Waals surface area (Å²) in [5.74, 6) is -2.98. The first-order valence-electron chi connectivity index (χ1n) is 10.0. The van der Waals surface area contributed by atoms with Crippen LogP contribution < -0.4 is 15.1 Å². The van der Waals surface area contributed by atoms with Crippen molar-refractivity contribution >= 4 is 40.9 Å². The van der Waals surface area contributed by atoms with Crippen LogP contribution in [0.25, 0.3) is 0 Å². The predicted octanol–water partition coefficient (Wildman–Crippen LogP) is 3.15. The highest BCUT2D eigenvalue weighted by Gasteiger charge is 2.61. The van der Waals surface area contributed by atoms with Crippen molar-refractivity contribution < 1.29 is 27.6 Å². The molecular weight excluding hydrogens is 452 g/mol. The average Bonchev–Trinajstić information content (AvgIpc) is 3.50. The fraction of sp³-hybridized carbons (Fsp3) is 0.174. The largest absolute Gasteiger partial charge is 0.467 e. The molecule has 0 aliphatic carbocycles. The molecule has 3 aromatic rings. The summed E-state index contributed by atoms with van der Waals surface area (Å²) in [7, 11) is 0. The Kier molecular flexibility index (Phi) is 5.16. The quantitative estimate of drug-likeness (QED) is 0.621. The highest BCUT2D eigenvalue weighted by Crippen LogP contribution is 2.55. The van der Waals surface area contributed by atoms with Gasteiger partial charge in [0, 0.05) is 17.3 Å². The Balaban J connectivity index is 1.50. The molecule has 3 amide bonds. The van der Waals surface area contributed by atoms with Crippen LogP contribution in [0.2, 0.25) is 0 Å². The van der Waals surface area contributed by atoms with Gasteiger partial charge in [-0.15, -0.1) is 11.8 Å². The molecule has 168 valence electrons. The van der Waals surface area contributed by atoms with Crippen LogP contribution in [0, 0.1) is 11.6 Å². The molecule has 0 radical (unpaired) electrons. The minimum atomic E-state index is -1.51. The number of rotatable bonds is 5. The molecule has 1 spiro atoms. The van der Waals surface area contributed by atoms with E-state index in [1.807, 2.05) is 0 Å². The minimum Gasteiger partial charge on any atom is -0.467 e. The number of halogens is 2. The van der Waals surface area contributed by atoms with Gasteiger partial charge >= 0.3 is 0 Å². The van der Waals surface area contributed by atoms with Crippen molar-refractivity contribution in [1.29, 1.82) is 0 Å². The van der Waals surface area contributed by atoms with E-state index in [4.69, 9.17) is 4.42 Å². The van der Waals surface area contributed by atoms with Gasteiger partial charge in [-0.1, -0.05) is 18.2 Å². The van der Waals surface area contributed by atoms with Crippen LogP contribution in [0.5, 0.6) is 0 Å². The highest BCUT2D eigenvalue weighted by atomic mass is 32.2. The van der Waals surface area contributed by atoms with Crippen molar-refractivity contribution in [2.45, 2.75) is 11.4 Å². The number of hydrogen-bond donors (Lipinski definition) is 1. The number of thioether (sulfide) groups is 1. The van der Waals surface area contributed by atoms with Gasteiger partial charge in [-0.05, 0) is 30.3 Å². The summed E-state index contributed by atoms with van der Waals surface area (Å²) in [6.07, 6.45) is 1.49. The lowest BCUT2D eigenvalue weighted by Crippen LogP contribution is -2.51. The second kappa shape index (κ2) is 8.04. The summed E-state index contributed by atoms with van der Waals surface area (Å²) in [5, 5.41) is 2.70. The number of fused-ring (bicyclic) bond motifs is 2. The zero-order chi connectivity index (χ0) is 23.2. The van der Waals surface area contributed by atoms with Gasteiger partial charge in [-0.3, -0.25) is 24.2 Å². The molecule has 0 saturated carbocycles. The van der Waals surface area contributed by atoms with Crippen molar-refractivity contribution in [2.24, 2.45) is 0 Å². The Morgan fingerprint density at radius 3 is 2.67 bits per heavy atom. The van der Waals surface area contributed by atoms with Crippen LogP contribution in [0.1, 0.15) is 11.3 Å². The second-order valence-corrected chi connectivity index (χ2v) is 8.69. The van der Waals surface area contributed by atoms with Crippen LogP contribution in [0.3, 0.4) is 0 Å². The predicted molar refractivity (Wildman–Crippen MR) is 117 cm³/mol. The Hall–Kier alpha value is -3.66. The number of carbonyl (C=O) groups excluding carboxylic acids is 3. The number of nitrogens with one attached hydrogen (secondary N) is 1. The molecule has 0 bridgehead atoms. The number of hydrogen-bond acceptors (Lipinski definition) is 5. The standard InChI is InChI=1S/C23H17F2N3O4S/c24-17-8-7-14(10-18(17)25)28-21(30)13-33-23(28)16-5-1-2-6-19(16)27(22(23)31)12-20(29)26-11-15-4-3-9-32-15/h1-10H,11-13H2,(H,26,29)/t23-/m1/s1. The maximum absolute atomic E-state index is 14.0. The maximum Gasteiger partial charge on any atom is 0.269 e. The molecule has 10 heteroatoms. The molecule has 1 N–H and O–H groups in total. The first kappa shape index (κ1) is 21.2. The van der Waals surface area contributed by atoms with Crippen LogP contribution in [-0.4, -0.2) is 30.0 Å². The second-order valence-electron chi connectivity index (χ2n) is 7.52. The van der Waals surface area contributed by atoms with Gasteiger partial charge in [-0.25, -0.2) is 8.78 Å². The number of carbonyl (C=O) groups is 3. The summed E-state index contributed by atoms with van der Waals surface area (Å²) in [5.41, 5.74) is 1.05. The molecule has 3 heterocycles. The van der Waals surface area contributed by atoms with Gasteiger partial charge in [0.25, 0.3) is 5.91 Å². The molecule has 2 aromatic carbocycles. The van der Waals surface area contributed by atoms with Crippen LogP contribution in [0.15, 0.2) is 65.3 Å². The summed E-state index contributed by atoms with van der Waals surface area (Å²) in [4.78, 5) is 40.3. The highest BCUT2D eigenvalue weighted by molar-refractivity contribution is 8.02. The number of nitrogens with zero attached hydrogens (tertiary/aromatic N) is 2. The van der Waals surface area contributed by atoms with Gasteiger partial charge < -0.3 is 9.73 Å². The van der Waals surface area contributed by atoms with Gasteiger partial charge in [0.05, 0.1) is 24.2 Å². The normalized spacial score (nSPS) is 19.5. The lowest BCUT2D eigenvalue weighted by molar-refractivity contribution is -0.125. The maximum atomic E-state index is 14.0. The number of furan rings is 1. The molecule has 0 unspecified atom stereocenters. The molecule has 1 aromatic heterocycles. The summed E-state index contributed by atoms with van der Waals surface area (Å²) < 4.78 is 32.7. The fourth-order valence-corrected chi connectivity index (χ4v) is 5.49. The lowest BCUT2D eigenvalue weighted by atomic mass is 10.0.